The number of aromatic hydroxyl groups is 1. The van der Waals surface area contributed by atoms with Gasteiger partial charge in [-0.3, -0.25) is 0 Å². The second-order valence-electron chi connectivity index (χ2n) is 5.67. The molecule has 1 N–H and O–H groups in total. The predicted octanol–water partition coefficient (Wildman–Crippen LogP) is 0.00970. The van der Waals surface area contributed by atoms with Crippen molar-refractivity contribution in [3.63, 3.8) is 0 Å². The fourth-order valence-corrected chi connectivity index (χ4v) is 2.41. The van der Waals surface area contributed by atoms with Crippen LogP contribution in [0, 0.1) is 0 Å². The van der Waals surface area contributed by atoms with Gasteiger partial charge in [0.2, 0.25) is 0 Å². The van der Waals surface area contributed by atoms with Gasteiger partial charge in [-0.25, -0.2) is 0 Å². The van der Waals surface area contributed by atoms with E-state index >= 15 is 0 Å². The molecule has 0 saturated carbocycles. The molecule has 0 heterocycles. The second kappa shape index (κ2) is 10.4. The molecule has 23 heavy (non-hydrogen) atoms. The Morgan fingerprint density at radius 2 is 2.00 bits per heavy atom. The van der Waals surface area contributed by atoms with Crippen LogP contribution in [0.15, 0.2) is 17.7 Å². The van der Waals surface area contributed by atoms with E-state index in [-0.39, 0.29) is 30.2 Å². The van der Waals surface area contributed by atoms with Crippen LogP contribution >= 0.6 is 0 Å². The molecule has 122 valence electrons. The minimum atomic E-state index is -1.34. The van der Waals surface area contributed by atoms with E-state index in [1.807, 2.05) is 19.9 Å². The van der Waals surface area contributed by atoms with Gasteiger partial charge >= 0.3 is 18.9 Å². The minimum absolute atomic E-state index is 0. The van der Waals surface area contributed by atoms with E-state index in [0.717, 1.165) is 24.8 Å². The molecule has 0 aliphatic heterocycles. The average Bonchev–Trinajstić information content (AvgIpc) is 2.45. The first-order chi connectivity index (χ1) is 10.4. The number of carbonyl (C=O) groups is 1. The van der Waals surface area contributed by atoms with Gasteiger partial charge in [0, 0.05) is 11.1 Å². The number of carboxylic acid groups (broad SMARTS) is 1. The fourth-order valence-electron chi connectivity index (χ4n) is 2.41. The summed E-state index contributed by atoms with van der Waals surface area (Å²) in [5.74, 6) is -1.06. The third-order valence-electron chi connectivity index (χ3n) is 3.63. The first-order valence-electron chi connectivity index (χ1n) is 7.68. The van der Waals surface area contributed by atoms with Crippen molar-refractivity contribution < 1.29 is 38.6 Å². The van der Waals surface area contributed by atoms with Gasteiger partial charge < -0.3 is 19.7 Å². The number of methoxy groups -OCH3 is 1. The quantitative estimate of drug-likeness (QED) is 0.417. The number of carboxylic acids is 1. The Hall–Kier alpha value is -1.37. The minimum Gasteiger partial charge on any atom is -0.545 e. The summed E-state index contributed by atoms with van der Waals surface area (Å²) in [6.45, 7) is 5.98. The molecule has 0 radical (unpaired) electrons. The fraction of sp³-hybridized carbons (Fsp3) is 0.500. The van der Waals surface area contributed by atoms with E-state index in [9.17, 15) is 15.0 Å². The maximum absolute atomic E-state index is 11.4. The summed E-state index contributed by atoms with van der Waals surface area (Å²) in [5, 5.41) is 21.8. The number of benzene rings is 1. The van der Waals surface area contributed by atoms with Crippen molar-refractivity contribution in [1.82, 2.24) is 0 Å². The zero-order valence-corrected chi connectivity index (χ0v) is 14.9. The number of hydrogen-bond donors (Lipinski definition) is 1. The molecule has 0 saturated heterocycles. The average molecular weight is 312 g/mol. The molecule has 1 aromatic carbocycles. The number of allylic oxidation sites excluding steroid dienone is 2. The normalized spacial score (nSPS) is 9.91. The number of aromatic carboxylic acids is 1. The van der Waals surface area contributed by atoms with E-state index < -0.39 is 5.97 Å². The topological polar surface area (TPSA) is 69.6 Å². The van der Waals surface area contributed by atoms with Crippen molar-refractivity contribution in [1.29, 1.82) is 0 Å². The van der Waals surface area contributed by atoms with E-state index in [1.165, 1.54) is 7.11 Å². The van der Waals surface area contributed by atoms with Gasteiger partial charge in [-0.05, 0) is 44.7 Å². The maximum atomic E-state index is 11.4. The molecule has 0 aliphatic rings. The van der Waals surface area contributed by atoms with E-state index in [2.05, 4.69) is 6.92 Å². The van der Waals surface area contributed by atoms with Crippen molar-refractivity contribution in [2.45, 2.75) is 52.9 Å². The Morgan fingerprint density at radius 1 is 1.35 bits per heavy atom. The van der Waals surface area contributed by atoms with Crippen molar-refractivity contribution in [3.05, 3.63) is 34.4 Å². The molecule has 0 aromatic heterocycles. The van der Waals surface area contributed by atoms with Crippen LogP contribution in [0.1, 0.15) is 61.5 Å². The Morgan fingerprint density at radius 3 is 2.48 bits per heavy atom. The first-order valence-corrected chi connectivity index (χ1v) is 7.68. The number of rotatable bonds is 8. The van der Waals surface area contributed by atoms with Crippen molar-refractivity contribution >= 4 is 5.97 Å². The Balaban J connectivity index is 0.00000484. The van der Waals surface area contributed by atoms with Crippen molar-refractivity contribution in [3.8, 4) is 11.5 Å². The molecular formula is C18H25LiO4. The van der Waals surface area contributed by atoms with Crippen LogP contribution in [0.3, 0.4) is 0 Å². The number of hydrogen-bond acceptors (Lipinski definition) is 4. The van der Waals surface area contributed by atoms with Gasteiger partial charge in [0.25, 0.3) is 0 Å². The molecule has 0 fully saturated rings. The van der Waals surface area contributed by atoms with Gasteiger partial charge in [-0.1, -0.05) is 31.4 Å². The molecule has 0 aliphatic carbocycles. The number of ether oxygens (including phenoxy) is 1. The molecule has 1 aromatic rings. The summed E-state index contributed by atoms with van der Waals surface area (Å²) in [6.07, 6.45) is 5.86. The first kappa shape index (κ1) is 21.6. The predicted molar refractivity (Wildman–Crippen MR) is 85.4 cm³/mol. The van der Waals surface area contributed by atoms with E-state index in [1.54, 1.807) is 6.07 Å². The smallest absolute Gasteiger partial charge is 0.545 e. The SMILES string of the molecule is CCCCCc1cc(OC)c(CC=C(C)C)c(O)c1C(=O)[O-].[Li+]. The maximum Gasteiger partial charge on any atom is 1.00 e. The number of phenols is 1. The number of carbonyl (C=O) groups excluding carboxylic acids is 1. The summed E-state index contributed by atoms with van der Waals surface area (Å²) in [5.41, 5.74) is 2.04. The molecule has 0 bridgehead atoms. The van der Waals surface area contributed by atoms with Gasteiger partial charge in [-0.2, -0.15) is 0 Å². The standard InChI is InChI=1S/C18H26O4.Li/c1-5-6-7-8-13-11-15(22-4)14(10-9-12(2)3)17(19)16(13)18(20)21;/h9,11,19H,5-8,10H2,1-4H3,(H,20,21);/q;+1/p-1. The molecule has 0 spiro atoms. The van der Waals surface area contributed by atoms with Crippen molar-refractivity contribution in [2.75, 3.05) is 7.11 Å². The monoisotopic (exact) mass is 312 g/mol. The van der Waals surface area contributed by atoms with Gasteiger partial charge in [0.1, 0.15) is 11.5 Å². The van der Waals surface area contributed by atoms with Crippen LogP contribution in [0.25, 0.3) is 0 Å². The molecular weight excluding hydrogens is 287 g/mol. The van der Waals surface area contributed by atoms with Gasteiger partial charge in [-0.15, -0.1) is 0 Å². The van der Waals surface area contributed by atoms with E-state index in [0.29, 0.717) is 29.7 Å². The van der Waals surface area contributed by atoms with Gasteiger partial charge in [0.05, 0.1) is 13.1 Å². The number of aryl methyl sites for hydroxylation is 1. The third kappa shape index (κ3) is 5.97. The van der Waals surface area contributed by atoms with E-state index in [4.69, 9.17) is 4.74 Å². The molecule has 1 rings (SSSR count). The van der Waals surface area contributed by atoms with Crippen LogP contribution in [0.2, 0.25) is 0 Å². The zero-order chi connectivity index (χ0) is 16.7. The summed E-state index contributed by atoms with van der Waals surface area (Å²) in [4.78, 5) is 11.4. The number of unbranched alkanes of at least 4 members (excludes halogenated alkanes) is 2. The summed E-state index contributed by atoms with van der Waals surface area (Å²) in [7, 11) is 1.52. The van der Waals surface area contributed by atoms with Crippen LogP contribution in [0.5, 0.6) is 11.5 Å². The summed E-state index contributed by atoms with van der Waals surface area (Å²) >= 11 is 0. The van der Waals surface area contributed by atoms with Crippen LogP contribution in [0.4, 0.5) is 0 Å². The van der Waals surface area contributed by atoms with Crippen LogP contribution < -0.4 is 28.7 Å². The zero-order valence-electron chi connectivity index (χ0n) is 14.9. The molecule has 4 nitrogen and oxygen atoms in total. The molecule has 5 heteroatoms. The van der Waals surface area contributed by atoms with Gasteiger partial charge in [0.15, 0.2) is 0 Å². The van der Waals surface area contributed by atoms with Crippen LogP contribution in [-0.4, -0.2) is 18.2 Å². The molecule has 0 unspecified atom stereocenters. The summed E-state index contributed by atoms with van der Waals surface area (Å²) < 4.78 is 5.34. The molecule has 0 atom stereocenters. The Labute approximate surface area is 150 Å². The Bertz CT molecular complexity index is 561. The largest absolute Gasteiger partial charge is 1.00 e. The Kier molecular flexibility index (Phi) is 9.79. The van der Waals surface area contributed by atoms with Crippen LogP contribution in [-0.2, 0) is 12.8 Å². The summed E-state index contributed by atoms with van der Waals surface area (Å²) in [6, 6.07) is 1.72. The van der Waals surface area contributed by atoms with Crippen molar-refractivity contribution in [2.24, 2.45) is 0 Å². The molecule has 0 amide bonds. The third-order valence-corrected chi connectivity index (χ3v) is 3.63. The second-order valence-corrected chi connectivity index (χ2v) is 5.67.